The SMILES string of the molecule is CC(C)(C)c1ccc2c(c1)C[C@@H](F)[C@@H]2N. The summed E-state index contributed by atoms with van der Waals surface area (Å²) in [5.74, 6) is 0. The van der Waals surface area contributed by atoms with Gasteiger partial charge in [0.25, 0.3) is 0 Å². The molecule has 0 aromatic heterocycles. The van der Waals surface area contributed by atoms with E-state index >= 15 is 0 Å². The van der Waals surface area contributed by atoms with Crippen molar-refractivity contribution in [3.05, 3.63) is 34.9 Å². The molecule has 2 heteroatoms. The summed E-state index contributed by atoms with van der Waals surface area (Å²) in [7, 11) is 0. The van der Waals surface area contributed by atoms with Gasteiger partial charge in [0.2, 0.25) is 0 Å². The van der Waals surface area contributed by atoms with Gasteiger partial charge in [-0.3, -0.25) is 0 Å². The van der Waals surface area contributed by atoms with E-state index in [1.165, 1.54) is 5.56 Å². The predicted octanol–water partition coefficient (Wildman–Crippen LogP) is 2.88. The van der Waals surface area contributed by atoms with Gasteiger partial charge < -0.3 is 5.73 Å². The Morgan fingerprint density at radius 2 is 2.00 bits per heavy atom. The van der Waals surface area contributed by atoms with E-state index < -0.39 is 12.2 Å². The number of nitrogens with two attached hydrogens (primary N) is 1. The molecule has 0 fully saturated rings. The Balaban J connectivity index is 2.42. The molecule has 0 bridgehead atoms. The molecule has 0 radical (unpaired) electrons. The van der Waals surface area contributed by atoms with Crippen LogP contribution in [0, 0.1) is 0 Å². The van der Waals surface area contributed by atoms with E-state index in [0.29, 0.717) is 6.42 Å². The van der Waals surface area contributed by atoms with Gasteiger partial charge in [-0.05, 0) is 22.1 Å². The first kappa shape index (κ1) is 10.6. The van der Waals surface area contributed by atoms with Crippen LogP contribution in [-0.2, 0) is 11.8 Å². The predicted molar refractivity (Wildman–Crippen MR) is 60.7 cm³/mol. The van der Waals surface area contributed by atoms with Gasteiger partial charge in [-0.2, -0.15) is 0 Å². The molecule has 15 heavy (non-hydrogen) atoms. The largest absolute Gasteiger partial charge is 0.322 e. The Labute approximate surface area is 90.5 Å². The highest BCUT2D eigenvalue weighted by atomic mass is 19.1. The minimum Gasteiger partial charge on any atom is -0.322 e. The Bertz CT molecular complexity index is 379. The van der Waals surface area contributed by atoms with Crippen LogP contribution in [0.2, 0.25) is 0 Å². The zero-order valence-corrected chi connectivity index (χ0v) is 9.55. The fraction of sp³-hybridized carbons (Fsp3) is 0.538. The molecule has 1 nitrogen and oxygen atoms in total. The summed E-state index contributed by atoms with van der Waals surface area (Å²) in [6.07, 6.45) is -0.435. The van der Waals surface area contributed by atoms with Crippen LogP contribution in [0.15, 0.2) is 18.2 Å². The quantitative estimate of drug-likeness (QED) is 0.695. The van der Waals surface area contributed by atoms with Crippen molar-refractivity contribution >= 4 is 0 Å². The van der Waals surface area contributed by atoms with Crippen LogP contribution >= 0.6 is 0 Å². The Morgan fingerprint density at radius 1 is 1.33 bits per heavy atom. The van der Waals surface area contributed by atoms with E-state index in [2.05, 4.69) is 32.9 Å². The molecule has 1 aliphatic carbocycles. The average molecular weight is 207 g/mol. The van der Waals surface area contributed by atoms with Gasteiger partial charge in [0, 0.05) is 6.42 Å². The summed E-state index contributed by atoms with van der Waals surface area (Å²) < 4.78 is 13.4. The minimum atomic E-state index is -0.907. The van der Waals surface area contributed by atoms with E-state index in [4.69, 9.17) is 5.73 Å². The number of hydrogen-bond acceptors (Lipinski definition) is 1. The fourth-order valence-corrected chi connectivity index (χ4v) is 2.11. The first-order valence-corrected chi connectivity index (χ1v) is 5.42. The number of alkyl halides is 1. The molecular formula is C13H18FN. The zero-order valence-electron chi connectivity index (χ0n) is 9.55. The second-order valence-electron chi connectivity index (χ2n) is 5.41. The highest BCUT2D eigenvalue weighted by Crippen LogP contribution is 2.34. The molecule has 1 aromatic rings. The summed E-state index contributed by atoms with van der Waals surface area (Å²) >= 11 is 0. The molecule has 1 aliphatic rings. The molecule has 2 rings (SSSR count). The zero-order chi connectivity index (χ0) is 11.2. The number of hydrogen-bond donors (Lipinski definition) is 1. The van der Waals surface area contributed by atoms with E-state index in [-0.39, 0.29) is 5.41 Å². The highest BCUT2D eigenvalue weighted by molar-refractivity contribution is 5.41. The van der Waals surface area contributed by atoms with Crippen LogP contribution in [0.3, 0.4) is 0 Å². The third kappa shape index (κ3) is 1.78. The summed E-state index contributed by atoms with van der Waals surface area (Å²) in [5.41, 5.74) is 9.21. The molecule has 0 heterocycles. The Morgan fingerprint density at radius 3 is 2.60 bits per heavy atom. The first-order chi connectivity index (χ1) is 6.89. The molecule has 0 aliphatic heterocycles. The van der Waals surface area contributed by atoms with E-state index in [1.54, 1.807) is 0 Å². The lowest BCUT2D eigenvalue weighted by molar-refractivity contribution is 0.303. The molecule has 82 valence electrons. The van der Waals surface area contributed by atoms with E-state index in [0.717, 1.165) is 11.1 Å². The Hall–Kier alpha value is -0.890. The van der Waals surface area contributed by atoms with Gasteiger partial charge in [0.15, 0.2) is 0 Å². The van der Waals surface area contributed by atoms with Crippen LogP contribution in [0.4, 0.5) is 4.39 Å². The lowest BCUT2D eigenvalue weighted by atomic mass is 9.85. The number of halogens is 1. The average Bonchev–Trinajstić information content (AvgIpc) is 2.41. The van der Waals surface area contributed by atoms with Crippen molar-refractivity contribution in [2.24, 2.45) is 5.73 Å². The first-order valence-electron chi connectivity index (χ1n) is 5.42. The smallest absolute Gasteiger partial charge is 0.123 e. The number of rotatable bonds is 0. The van der Waals surface area contributed by atoms with Crippen LogP contribution < -0.4 is 5.73 Å². The third-order valence-corrected chi connectivity index (χ3v) is 3.17. The molecule has 0 amide bonds. The van der Waals surface area contributed by atoms with Gasteiger partial charge in [-0.15, -0.1) is 0 Å². The van der Waals surface area contributed by atoms with Gasteiger partial charge in [0.05, 0.1) is 6.04 Å². The minimum absolute atomic E-state index is 0.119. The maximum atomic E-state index is 13.4. The monoisotopic (exact) mass is 207 g/mol. The fourth-order valence-electron chi connectivity index (χ4n) is 2.11. The normalized spacial score (nSPS) is 25.4. The molecule has 0 unspecified atom stereocenters. The molecule has 0 spiro atoms. The molecular weight excluding hydrogens is 189 g/mol. The number of benzene rings is 1. The summed E-state index contributed by atoms with van der Waals surface area (Å²) in [5, 5.41) is 0. The second kappa shape index (κ2) is 3.31. The lowest BCUT2D eigenvalue weighted by Gasteiger charge is -2.20. The number of fused-ring (bicyclic) bond motifs is 1. The maximum Gasteiger partial charge on any atom is 0.123 e. The summed E-state index contributed by atoms with van der Waals surface area (Å²) in [6, 6.07) is 5.74. The van der Waals surface area contributed by atoms with Gasteiger partial charge in [-0.25, -0.2) is 4.39 Å². The van der Waals surface area contributed by atoms with Crippen molar-refractivity contribution < 1.29 is 4.39 Å². The van der Waals surface area contributed by atoms with Crippen molar-refractivity contribution in [2.45, 2.75) is 44.8 Å². The van der Waals surface area contributed by atoms with Crippen LogP contribution in [-0.4, -0.2) is 6.17 Å². The van der Waals surface area contributed by atoms with Crippen LogP contribution in [0.1, 0.15) is 43.5 Å². The standard InChI is InChI=1S/C13H18FN/c1-13(2,3)9-4-5-10-8(6-9)7-11(14)12(10)15/h4-6,11-12H,7,15H2,1-3H3/t11-,12-/m1/s1. The maximum absolute atomic E-state index is 13.4. The molecule has 2 atom stereocenters. The summed E-state index contributed by atoms with van der Waals surface area (Å²) in [4.78, 5) is 0. The lowest BCUT2D eigenvalue weighted by Crippen LogP contribution is -2.17. The van der Waals surface area contributed by atoms with Gasteiger partial charge in [-0.1, -0.05) is 39.0 Å². The van der Waals surface area contributed by atoms with E-state index in [1.807, 2.05) is 6.07 Å². The third-order valence-electron chi connectivity index (χ3n) is 3.17. The van der Waals surface area contributed by atoms with E-state index in [9.17, 15) is 4.39 Å². The molecule has 2 N–H and O–H groups in total. The van der Waals surface area contributed by atoms with Crippen LogP contribution in [0.25, 0.3) is 0 Å². The van der Waals surface area contributed by atoms with Gasteiger partial charge >= 0.3 is 0 Å². The molecule has 1 aromatic carbocycles. The second-order valence-corrected chi connectivity index (χ2v) is 5.41. The molecule has 0 saturated heterocycles. The Kier molecular flexibility index (Phi) is 2.34. The highest BCUT2D eigenvalue weighted by Gasteiger charge is 2.30. The van der Waals surface area contributed by atoms with Crippen molar-refractivity contribution in [1.82, 2.24) is 0 Å². The van der Waals surface area contributed by atoms with Crippen LogP contribution in [0.5, 0.6) is 0 Å². The summed E-state index contributed by atoms with van der Waals surface area (Å²) in [6.45, 7) is 6.49. The molecule has 0 saturated carbocycles. The van der Waals surface area contributed by atoms with Gasteiger partial charge in [0.1, 0.15) is 6.17 Å². The van der Waals surface area contributed by atoms with Crippen molar-refractivity contribution in [3.63, 3.8) is 0 Å². The van der Waals surface area contributed by atoms with Crippen molar-refractivity contribution in [2.75, 3.05) is 0 Å². The van der Waals surface area contributed by atoms with Crippen molar-refractivity contribution in [3.8, 4) is 0 Å². The topological polar surface area (TPSA) is 26.0 Å². The van der Waals surface area contributed by atoms with Crippen molar-refractivity contribution in [1.29, 1.82) is 0 Å².